The molecule has 7 nitrogen and oxygen atoms in total. The highest BCUT2D eigenvalue weighted by molar-refractivity contribution is 14.0. The van der Waals surface area contributed by atoms with Crippen LogP contribution in [0.2, 0.25) is 0 Å². The number of guanidine groups is 1. The monoisotopic (exact) mass is 464 g/mol. The van der Waals surface area contributed by atoms with Gasteiger partial charge in [-0.05, 0) is 6.92 Å². The van der Waals surface area contributed by atoms with E-state index in [0.717, 1.165) is 29.8 Å². The molecule has 0 radical (unpaired) electrons. The lowest BCUT2D eigenvalue weighted by atomic mass is 10.2. The Hall–Kier alpha value is -1.23. The molecule has 9 heteroatoms. The molecule has 2 rings (SSSR count). The second kappa shape index (κ2) is 10.6. The highest BCUT2D eigenvalue weighted by Gasteiger charge is 2.09. The maximum atomic E-state index is 5.21. The average Bonchev–Trinajstić information content (AvgIpc) is 3.15. The lowest BCUT2D eigenvalue weighted by Gasteiger charge is -2.10. The number of nitrogens with one attached hydrogen (secondary N) is 2. The topological polar surface area (TPSA) is 88.2 Å². The number of aryl methyl sites for hydroxylation is 1. The predicted octanol–water partition coefficient (Wildman–Crippen LogP) is 2.53. The predicted molar refractivity (Wildman–Crippen MR) is 107 cm³/mol. The van der Waals surface area contributed by atoms with Gasteiger partial charge in [-0.3, -0.25) is 4.99 Å². The van der Waals surface area contributed by atoms with Crippen molar-refractivity contribution in [2.24, 2.45) is 4.99 Å². The zero-order chi connectivity index (χ0) is 16.7. The van der Waals surface area contributed by atoms with Gasteiger partial charge in [-0.15, -0.1) is 35.3 Å². The summed E-state index contributed by atoms with van der Waals surface area (Å²) in [5, 5.41) is 11.6. The molecular weight excluding hydrogens is 439 g/mol. The van der Waals surface area contributed by atoms with Gasteiger partial charge in [-0.1, -0.05) is 19.0 Å². The van der Waals surface area contributed by atoms with Crippen molar-refractivity contribution in [3.8, 4) is 0 Å². The summed E-state index contributed by atoms with van der Waals surface area (Å²) in [6.07, 6.45) is 3.47. The van der Waals surface area contributed by atoms with Crippen LogP contribution >= 0.6 is 35.3 Å². The van der Waals surface area contributed by atoms with Crippen molar-refractivity contribution in [2.45, 2.75) is 39.5 Å². The van der Waals surface area contributed by atoms with E-state index in [4.69, 9.17) is 4.52 Å². The molecule has 134 valence electrons. The van der Waals surface area contributed by atoms with E-state index < -0.39 is 0 Å². The van der Waals surface area contributed by atoms with Crippen LogP contribution < -0.4 is 10.6 Å². The third kappa shape index (κ3) is 6.71. The van der Waals surface area contributed by atoms with Gasteiger partial charge in [-0.2, -0.15) is 4.98 Å². The highest BCUT2D eigenvalue weighted by Crippen LogP contribution is 2.11. The van der Waals surface area contributed by atoms with Crippen molar-refractivity contribution in [2.75, 3.05) is 20.1 Å². The molecular formula is C15H25IN6OS. The fourth-order valence-corrected chi connectivity index (χ4v) is 2.70. The van der Waals surface area contributed by atoms with Gasteiger partial charge < -0.3 is 15.2 Å². The van der Waals surface area contributed by atoms with Gasteiger partial charge >= 0.3 is 0 Å². The molecule has 0 atom stereocenters. The molecule has 0 spiro atoms. The zero-order valence-electron chi connectivity index (χ0n) is 14.5. The molecule has 0 fully saturated rings. The second-order valence-electron chi connectivity index (χ2n) is 5.49. The first-order chi connectivity index (χ1) is 11.1. The Morgan fingerprint density at radius 2 is 2.00 bits per heavy atom. The maximum absolute atomic E-state index is 5.21. The van der Waals surface area contributed by atoms with Gasteiger partial charge in [0.25, 0.3) is 0 Å². The molecule has 0 aromatic carbocycles. The molecule has 24 heavy (non-hydrogen) atoms. The molecule has 2 aromatic rings. The summed E-state index contributed by atoms with van der Waals surface area (Å²) in [4.78, 5) is 14.1. The van der Waals surface area contributed by atoms with E-state index in [1.807, 2.05) is 20.0 Å². The van der Waals surface area contributed by atoms with Gasteiger partial charge in [-0.25, -0.2) is 4.98 Å². The Kier molecular flexibility index (Phi) is 9.19. The molecule has 2 aromatic heterocycles. The summed E-state index contributed by atoms with van der Waals surface area (Å²) >= 11 is 1.73. The third-order valence-corrected chi connectivity index (χ3v) is 4.13. The van der Waals surface area contributed by atoms with Crippen molar-refractivity contribution < 1.29 is 4.52 Å². The summed E-state index contributed by atoms with van der Waals surface area (Å²) in [5.41, 5.74) is 0. The number of hydrogen-bond donors (Lipinski definition) is 2. The third-order valence-electron chi connectivity index (χ3n) is 3.16. The highest BCUT2D eigenvalue weighted by atomic mass is 127. The van der Waals surface area contributed by atoms with E-state index in [1.54, 1.807) is 18.4 Å². The first-order valence-corrected chi connectivity index (χ1v) is 8.58. The van der Waals surface area contributed by atoms with E-state index in [1.165, 1.54) is 4.88 Å². The van der Waals surface area contributed by atoms with Gasteiger partial charge in [0.2, 0.25) is 5.89 Å². The Bertz CT molecular complexity index is 639. The average molecular weight is 464 g/mol. The molecule has 2 heterocycles. The van der Waals surface area contributed by atoms with E-state index in [9.17, 15) is 0 Å². The molecule has 0 aliphatic carbocycles. The molecule has 0 aliphatic heterocycles. The van der Waals surface area contributed by atoms with Gasteiger partial charge in [0, 0.05) is 50.0 Å². The van der Waals surface area contributed by atoms with E-state index in [2.05, 4.69) is 37.7 Å². The van der Waals surface area contributed by atoms with Crippen LogP contribution in [-0.2, 0) is 12.8 Å². The summed E-state index contributed by atoms with van der Waals surface area (Å²) in [6, 6.07) is 0. The van der Waals surface area contributed by atoms with Crippen molar-refractivity contribution in [1.82, 2.24) is 25.8 Å². The lowest BCUT2D eigenvalue weighted by molar-refractivity contribution is 0.371. The van der Waals surface area contributed by atoms with Crippen molar-refractivity contribution in [3.05, 3.63) is 27.8 Å². The number of hydrogen-bond acceptors (Lipinski definition) is 6. The smallest absolute Gasteiger partial charge is 0.228 e. The summed E-state index contributed by atoms with van der Waals surface area (Å²) in [7, 11) is 1.76. The van der Waals surface area contributed by atoms with Crippen LogP contribution in [0.15, 0.2) is 15.7 Å². The fourth-order valence-electron chi connectivity index (χ4n) is 1.92. The van der Waals surface area contributed by atoms with E-state index in [-0.39, 0.29) is 29.9 Å². The number of rotatable bonds is 7. The summed E-state index contributed by atoms with van der Waals surface area (Å²) in [6.45, 7) is 7.64. The largest absolute Gasteiger partial charge is 0.356 e. The molecule has 2 N–H and O–H groups in total. The van der Waals surface area contributed by atoms with Crippen molar-refractivity contribution in [1.29, 1.82) is 0 Å². The van der Waals surface area contributed by atoms with E-state index in [0.29, 0.717) is 18.9 Å². The van der Waals surface area contributed by atoms with Gasteiger partial charge in [0.1, 0.15) is 0 Å². The number of halogens is 1. The molecule has 0 saturated heterocycles. The van der Waals surface area contributed by atoms with Crippen LogP contribution in [0.25, 0.3) is 0 Å². The second-order valence-corrected chi connectivity index (χ2v) is 6.81. The number of aromatic nitrogens is 3. The standard InChI is InChI=1S/C15H24N6OS.HI/c1-10(2)14-20-12(22-21-14)5-7-17-15(16-4)18-8-6-13-19-9-11(3)23-13;/h9-10H,5-8H2,1-4H3,(H2,16,17,18);1H. The van der Waals surface area contributed by atoms with Crippen molar-refractivity contribution >= 4 is 41.3 Å². The van der Waals surface area contributed by atoms with Gasteiger partial charge in [0.05, 0.1) is 5.01 Å². The lowest BCUT2D eigenvalue weighted by Crippen LogP contribution is -2.39. The Morgan fingerprint density at radius 1 is 1.29 bits per heavy atom. The van der Waals surface area contributed by atoms with E-state index >= 15 is 0 Å². The minimum Gasteiger partial charge on any atom is -0.356 e. The summed E-state index contributed by atoms with van der Waals surface area (Å²) in [5.74, 6) is 2.45. The maximum Gasteiger partial charge on any atom is 0.228 e. The fraction of sp³-hybridized carbons (Fsp3) is 0.600. The minimum atomic E-state index is 0. The quantitative estimate of drug-likeness (QED) is 0.372. The molecule has 0 unspecified atom stereocenters. The Labute approximate surface area is 163 Å². The van der Waals surface area contributed by atoms with Crippen LogP contribution in [0.5, 0.6) is 0 Å². The number of aliphatic imine (C=N–C) groups is 1. The van der Waals surface area contributed by atoms with Gasteiger partial charge in [0.15, 0.2) is 11.8 Å². The molecule has 0 bridgehead atoms. The molecule has 0 aliphatic rings. The number of thiazole rings is 1. The van der Waals surface area contributed by atoms with Crippen LogP contribution in [0.3, 0.4) is 0 Å². The van der Waals surface area contributed by atoms with Crippen LogP contribution in [0.1, 0.15) is 41.4 Å². The molecule has 0 saturated carbocycles. The SMILES string of the molecule is CN=C(NCCc1nc(C(C)C)no1)NCCc1ncc(C)s1.I. The normalized spacial score (nSPS) is 11.5. The molecule has 0 amide bonds. The Balaban J connectivity index is 0.00000288. The Morgan fingerprint density at radius 3 is 2.54 bits per heavy atom. The number of nitrogens with zero attached hydrogens (tertiary/aromatic N) is 4. The van der Waals surface area contributed by atoms with Crippen LogP contribution in [0.4, 0.5) is 0 Å². The summed E-state index contributed by atoms with van der Waals surface area (Å²) < 4.78 is 5.21. The van der Waals surface area contributed by atoms with Crippen LogP contribution in [0, 0.1) is 6.92 Å². The van der Waals surface area contributed by atoms with Crippen LogP contribution in [-0.4, -0.2) is 41.2 Å². The zero-order valence-corrected chi connectivity index (χ0v) is 17.6. The first kappa shape index (κ1) is 20.8. The first-order valence-electron chi connectivity index (χ1n) is 7.76. The minimum absolute atomic E-state index is 0. The van der Waals surface area contributed by atoms with Crippen molar-refractivity contribution in [3.63, 3.8) is 0 Å².